The molecule has 2 amide bonds. The average molecular weight is 339 g/mol. The molecule has 0 bridgehead atoms. The zero-order chi connectivity index (χ0) is 18.6. The minimum absolute atomic E-state index is 0.0536. The monoisotopic (exact) mass is 339 g/mol. The summed E-state index contributed by atoms with van der Waals surface area (Å²) in [5.74, 6) is -0.626. The van der Waals surface area contributed by atoms with Crippen molar-refractivity contribution in [2.45, 2.75) is 39.8 Å². The number of benzene rings is 2. The molecule has 25 heavy (non-hydrogen) atoms. The molecule has 132 valence electrons. The van der Waals surface area contributed by atoms with Crippen LogP contribution in [0.25, 0.3) is 0 Å². The number of carbonyl (C=O) groups excluding carboxylic acids is 2. The van der Waals surface area contributed by atoms with Crippen LogP contribution in [0.15, 0.2) is 42.5 Å². The molecule has 0 saturated heterocycles. The molecule has 0 aliphatic carbocycles. The summed E-state index contributed by atoms with van der Waals surface area (Å²) in [7, 11) is 0. The third kappa shape index (κ3) is 4.90. The predicted octanol–water partition coefficient (Wildman–Crippen LogP) is 3.08. The fraction of sp³-hybridized carbons (Fsp3) is 0.300. The minimum Gasteiger partial charge on any atom is -0.366 e. The summed E-state index contributed by atoms with van der Waals surface area (Å²) in [6.45, 7) is 8.00. The topological polar surface area (TPSA) is 84.2 Å². The van der Waals surface area contributed by atoms with Crippen molar-refractivity contribution in [3.8, 4) is 0 Å². The molecule has 0 radical (unpaired) electrons. The molecule has 5 heteroatoms. The highest BCUT2D eigenvalue weighted by atomic mass is 16.2. The molecule has 2 rings (SSSR count). The Hall–Kier alpha value is -2.66. The van der Waals surface area contributed by atoms with E-state index in [-0.39, 0.29) is 18.0 Å². The number of amides is 2. The van der Waals surface area contributed by atoms with E-state index in [1.807, 2.05) is 13.8 Å². The lowest BCUT2D eigenvalue weighted by Crippen LogP contribution is -2.39. The smallest absolute Gasteiger partial charge is 0.248 e. The van der Waals surface area contributed by atoms with Crippen LogP contribution >= 0.6 is 0 Å². The van der Waals surface area contributed by atoms with Crippen molar-refractivity contribution in [2.75, 3.05) is 5.32 Å². The number of rotatable bonds is 6. The van der Waals surface area contributed by atoms with Crippen molar-refractivity contribution in [1.82, 2.24) is 5.32 Å². The van der Waals surface area contributed by atoms with Gasteiger partial charge in [-0.3, -0.25) is 14.9 Å². The Labute approximate surface area is 148 Å². The number of carbonyl (C=O) groups is 2. The van der Waals surface area contributed by atoms with Crippen LogP contribution in [-0.4, -0.2) is 17.9 Å². The van der Waals surface area contributed by atoms with Crippen LogP contribution in [0.2, 0.25) is 0 Å². The van der Waals surface area contributed by atoms with Crippen LogP contribution < -0.4 is 16.4 Å². The first-order valence-electron chi connectivity index (χ1n) is 8.32. The Morgan fingerprint density at radius 3 is 2.24 bits per heavy atom. The second-order valence-corrected chi connectivity index (χ2v) is 6.40. The zero-order valence-corrected chi connectivity index (χ0v) is 15.1. The van der Waals surface area contributed by atoms with Gasteiger partial charge in [0.25, 0.3) is 0 Å². The van der Waals surface area contributed by atoms with Crippen molar-refractivity contribution in [3.63, 3.8) is 0 Å². The summed E-state index contributed by atoms with van der Waals surface area (Å²) in [6, 6.07) is 12.5. The molecule has 0 aromatic heterocycles. The summed E-state index contributed by atoms with van der Waals surface area (Å²) in [4.78, 5) is 23.5. The predicted molar refractivity (Wildman–Crippen MR) is 101 cm³/mol. The van der Waals surface area contributed by atoms with E-state index in [9.17, 15) is 9.59 Å². The van der Waals surface area contributed by atoms with E-state index in [1.165, 1.54) is 16.7 Å². The third-order valence-electron chi connectivity index (χ3n) is 4.23. The summed E-state index contributed by atoms with van der Waals surface area (Å²) in [6.07, 6.45) is 0. The van der Waals surface area contributed by atoms with Gasteiger partial charge in [-0.05, 0) is 63.1 Å². The van der Waals surface area contributed by atoms with Gasteiger partial charge in [-0.1, -0.05) is 23.8 Å². The number of aryl methyl sites for hydroxylation is 2. The number of anilines is 1. The van der Waals surface area contributed by atoms with E-state index in [4.69, 9.17) is 5.73 Å². The lowest BCUT2D eigenvalue weighted by Gasteiger charge is -2.22. The summed E-state index contributed by atoms with van der Waals surface area (Å²) in [5, 5.41) is 6.16. The van der Waals surface area contributed by atoms with Gasteiger partial charge in [-0.15, -0.1) is 0 Å². The van der Waals surface area contributed by atoms with Gasteiger partial charge >= 0.3 is 0 Å². The molecule has 0 heterocycles. The first-order valence-corrected chi connectivity index (χ1v) is 8.32. The molecule has 0 aliphatic rings. The van der Waals surface area contributed by atoms with Crippen LogP contribution in [0.5, 0.6) is 0 Å². The molecule has 0 aliphatic heterocycles. The molecule has 0 fully saturated rings. The fourth-order valence-corrected chi connectivity index (χ4v) is 2.74. The first kappa shape index (κ1) is 18.7. The van der Waals surface area contributed by atoms with Crippen LogP contribution in [0.4, 0.5) is 5.69 Å². The maximum absolute atomic E-state index is 12.4. The van der Waals surface area contributed by atoms with Gasteiger partial charge < -0.3 is 11.1 Å². The van der Waals surface area contributed by atoms with Crippen LogP contribution in [0, 0.1) is 13.8 Å². The molecule has 0 saturated carbocycles. The lowest BCUT2D eigenvalue weighted by molar-refractivity contribution is -0.117. The molecule has 5 nitrogen and oxygen atoms in total. The number of nitrogens with two attached hydrogens (primary N) is 1. The van der Waals surface area contributed by atoms with Crippen LogP contribution in [-0.2, 0) is 4.79 Å². The Morgan fingerprint density at radius 1 is 1.00 bits per heavy atom. The van der Waals surface area contributed by atoms with Gasteiger partial charge in [-0.2, -0.15) is 0 Å². The van der Waals surface area contributed by atoms with Crippen molar-refractivity contribution < 1.29 is 9.59 Å². The molecular formula is C20H25N3O2. The Kier molecular flexibility index (Phi) is 5.93. The second kappa shape index (κ2) is 7.94. The van der Waals surface area contributed by atoms with Crippen LogP contribution in [0.3, 0.4) is 0 Å². The van der Waals surface area contributed by atoms with Crippen molar-refractivity contribution in [2.24, 2.45) is 5.73 Å². The first-order chi connectivity index (χ1) is 11.8. The molecule has 2 aromatic carbocycles. The quantitative estimate of drug-likeness (QED) is 0.756. The van der Waals surface area contributed by atoms with Gasteiger partial charge in [0.2, 0.25) is 11.8 Å². The van der Waals surface area contributed by atoms with Gasteiger partial charge in [0, 0.05) is 17.3 Å². The van der Waals surface area contributed by atoms with Crippen LogP contribution in [0.1, 0.15) is 46.9 Å². The number of nitrogens with one attached hydrogen (secondary N) is 2. The lowest BCUT2D eigenvalue weighted by atomic mass is 9.99. The molecular weight excluding hydrogens is 314 g/mol. The van der Waals surface area contributed by atoms with E-state index < -0.39 is 5.91 Å². The highest BCUT2D eigenvalue weighted by molar-refractivity contribution is 5.96. The highest BCUT2D eigenvalue weighted by Gasteiger charge is 2.17. The Morgan fingerprint density at radius 2 is 1.64 bits per heavy atom. The maximum Gasteiger partial charge on any atom is 0.248 e. The standard InChI is InChI=1S/C20H25N3O2/c1-12-5-6-13(2)18(11-12)14(3)22-15(4)20(25)23-17-9-7-16(8-10-17)19(21)24/h5-11,14-15,22H,1-4H3,(H2,21,24)(H,23,25)/t14-,15-/m1/s1. The number of primary amides is 1. The zero-order valence-electron chi connectivity index (χ0n) is 15.1. The third-order valence-corrected chi connectivity index (χ3v) is 4.23. The molecule has 4 N–H and O–H groups in total. The molecule has 2 aromatic rings. The van der Waals surface area contributed by atoms with E-state index in [2.05, 4.69) is 42.7 Å². The Bertz CT molecular complexity index is 769. The van der Waals surface area contributed by atoms with Gasteiger partial charge in [-0.25, -0.2) is 0 Å². The average Bonchev–Trinajstić information content (AvgIpc) is 2.57. The summed E-state index contributed by atoms with van der Waals surface area (Å²) < 4.78 is 0. The second-order valence-electron chi connectivity index (χ2n) is 6.40. The largest absolute Gasteiger partial charge is 0.366 e. The summed E-state index contributed by atoms with van der Waals surface area (Å²) >= 11 is 0. The van der Waals surface area contributed by atoms with Crippen molar-refractivity contribution >= 4 is 17.5 Å². The van der Waals surface area contributed by atoms with E-state index in [0.717, 1.165) is 0 Å². The molecule has 0 spiro atoms. The summed E-state index contributed by atoms with van der Waals surface area (Å²) in [5.41, 5.74) is 9.82. The molecule has 2 atom stereocenters. The molecule has 0 unspecified atom stereocenters. The highest BCUT2D eigenvalue weighted by Crippen LogP contribution is 2.19. The van der Waals surface area contributed by atoms with E-state index in [0.29, 0.717) is 11.3 Å². The number of hydrogen-bond acceptors (Lipinski definition) is 3. The van der Waals surface area contributed by atoms with E-state index >= 15 is 0 Å². The van der Waals surface area contributed by atoms with Gasteiger partial charge in [0.1, 0.15) is 0 Å². The number of hydrogen-bond donors (Lipinski definition) is 3. The van der Waals surface area contributed by atoms with E-state index in [1.54, 1.807) is 24.3 Å². The van der Waals surface area contributed by atoms with Gasteiger partial charge in [0.05, 0.1) is 6.04 Å². The van der Waals surface area contributed by atoms with Crippen molar-refractivity contribution in [1.29, 1.82) is 0 Å². The SMILES string of the molecule is Cc1ccc(C)c([C@@H](C)N[C@H](C)C(=O)Nc2ccc(C(N)=O)cc2)c1. The Balaban J connectivity index is 1.99. The fourth-order valence-electron chi connectivity index (χ4n) is 2.74. The minimum atomic E-state index is -0.490. The normalized spacial score (nSPS) is 13.1. The van der Waals surface area contributed by atoms with Gasteiger partial charge in [0.15, 0.2) is 0 Å². The maximum atomic E-state index is 12.4. The van der Waals surface area contributed by atoms with Crippen molar-refractivity contribution in [3.05, 3.63) is 64.7 Å².